The third-order valence-corrected chi connectivity index (χ3v) is 6.69. The van der Waals surface area contributed by atoms with Gasteiger partial charge >= 0.3 is 0 Å². The fraction of sp³-hybridized carbons (Fsp3) is 0. The number of nitriles is 2. The van der Waals surface area contributed by atoms with E-state index in [0.29, 0.717) is 0 Å². The van der Waals surface area contributed by atoms with E-state index in [4.69, 9.17) is 10.5 Å². The van der Waals surface area contributed by atoms with Crippen molar-refractivity contribution < 1.29 is 52.7 Å². The Morgan fingerprint density at radius 1 is 0.333 bits per heavy atom. The smallest absolute Gasteiger partial charge is 0.200 e. The summed E-state index contributed by atoms with van der Waals surface area (Å²) in [5, 5.41) is 18.1. The molecular formula is C20F12N2S2. The summed E-state index contributed by atoms with van der Waals surface area (Å²) in [6.45, 7) is 0. The maximum Gasteiger partial charge on any atom is 0.200 e. The molecule has 3 aromatic rings. The van der Waals surface area contributed by atoms with E-state index < -0.39 is 124 Å². The minimum Gasteiger partial charge on any atom is -0.204 e. The molecule has 36 heavy (non-hydrogen) atoms. The van der Waals surface area contributed by atoms with Gasteiger partial charge in [-0.25, -0.2) is 52.7 Å². The zero-order valence-electron chi connectivity index (χ0n) is 16.2. The van der Waals surface area contributed by atoms with E-state index in [1.165, 1.54) is 0 Å². The molecule has 0 aliphatic carbocycles. The van der Waals surface area contributed by atoms with E-state index in [1.807, 2.05) is 0 Å². The van der Waals surface area contributed by atoms with Crippen molar-refractivity contribution in [3.8, 4) is 12.1 Å². The predicted molar refractivity (Wildman–Crippen MR) is 96.5 cm³/mol. The van der Waals surface area contributed by atoms with Gasteiger partial charge in [0.1, 0.15) is 23.3 Å². The molecular weight excluding hydrogens is 560 g/mol. The van der Waals surface area contributed by atoms with Gasteiger partial charge in [-0.05, 0) is 0 Å². The average Bonchev–Trinajstić information content (AvgIpc) is 2.86. The second-order valence-corrected chi connectivity index (χ2v) is 8.30. The van der Waals surface area contributed by atoms with Crippen LogP contribution in [0.25, 0.3) is 0 Å². The van der Waals surface area contributed by atoms with Crippen LogP contribution in [0.15, 0.2) is 19.6 Å². The molecule has 0 radical (unpaired) electrons. The molecule has 16 heteroatoms. The first-order valence-electron chi connectivity index (χ1n) is 8.53. The molecule has 186 valence electrons. The lowest BCUT2D eigenvalue weighted by Gasteiger charge is -2.16. The highest BCUT2D eigenvalue weighted by Gasteiger charge is 2.34. The van der Waals surface area contributed by atoms with Crippen molar-refractivity contribution in [2.24, 2.45) is 0 Å². The van der Waals surface area contributed by atoms with Crippen LogP contribution < -0.4 is 0 Å². The summed E-state index contributed by atoms with van der Waals surface area (Å²) in [4.78, 5) is -6.89. The Balaban J connectivity index is 2.40. The second kappa shape index (κ2) is 9.87. The molecule has 0 aromatic heterocycles. The highest BCUT2D eigenvalue weighted by molar-refractivity contribution is 8.02. The fourth-order valence-corrected chi connectivity index (χ4v) is 4.71. The predicted octanol–water partition coefficient (Wildman–Crippen LogP) is 7.40. The number of hydrogen-bond acceptors (Lipinski definition) is 4. The zero-order chi connectivity index (χ0) is 27.2. The molecule has 0 aliphatic rings. The average molecular weight is 560 g/mol. The van der Waals surface area contributed by atoms with Crippen molar-refractivity contribution in [2.45, 2.75) is 19.6 Å². The van der Waals surface area contributed by atoms with E-state index in [1.54, 1.807) is 0 Å². The van der Waals surface area contributed by atoms with E-state index in [9.17, 15) is 43.9 Å². The summed E-state index contributed by atoms with van der Waals surface area (Å²) < 4.78 is 168. The van der Waals surface area contributed by atoms with Crippen LogP contribution in [0.1, 0.15) is 11.1 Å². The first kappa shape index (κ1) is 27.1. The van der Waals surface area contributed by atoms with E-state index >= 15 is 8.78 Å². The number of nitrogens with zero attached hydrogens (tertiary/aromatic N) is 2. The SMILES string of the molecule is N#Cc1c(F)c(Sc2c(F)c(F)c(F)c(F)c2F)c(Sc2c(F)c(F)c(F)c(F)c2F)c(F)c1C#N. The molecule has 0 heterocycles. The summed E-state index contributed by atoms with van der Waals surface area (Å²) in [6.07, 6.45) is 0. The Labute approximate surface area is 199 Å². The Morgan fingerprint density at radius 2 is 0.556 bits per heavy atom. The molecule has 0 amide bonds. The van der Waals surface area contributed by atoms with Crippen molar-refractivity contribution in [1.82, 2.24) is 0 Å². The van der Waals surface area contributed by atoms with E-state index in [2.05, 4.69) is 0 Å². The lowest BCUT2D eigenvalue weighted by Crippen LogP contribution is -2.07. The maximum absolute atomic E-state index is 15.0. The van der Waals surface area contributed by atoms with Crippen LogP contribution in [-0.4, -0.2) is 0 Å². The van der Waals surface area contributed by atoms with Gasteiger partial charge in [-0.2, -0.15) is 10.5 Å². The molecule has 0 aliphatic heterocycles. The molecule has 0 bridgehead atoms. The van der Waals surface area contributed by atoms with Gasteiger partial charge in [0.2, 0.25) is 11.6 Å². The van der Waals surface area contributed by atoms with Gasteiger partial charge < -0.3 is 0 Å². The number of hydrogen-bond donors (Lipinski definition) is 0. The van der Waals surface area contributed by atoms with E-state index in [0.717, 1.165) is 12.1 Å². The van der Waals surface area contributed by atoms with Crippen LogP contribution >= 0.6 is 23.5 Å². The van der Waals surface area contributed by atoms with Gasteiger partial charge in [0.05, 0.1) is 19.6 Å². The van der Waals surface area contributed by atoms with Crippen LogP contribution in [0.4, 0.5) is 52.7 Å². The standard InChI is InChI=1S/C20F12N2S2/c21-5-3(1-33)4(2-34)6(22)20(36-18-15(31)11(27)8(24)12(28)16(18)32)19(5)35-17-13(29)9(25)7(23)10(26)14(17)30. The van der Waals surface area contributed by atoms with Crippen molar-refractivity contribution in [3.05, 3.63) is 80.9 Å². The monoisotopic (exact) mass is 560 g/mol. The van der Waals surface area contributed by atoms with Gasteiger partial charge in [0, 0.05) is 0 Å². The Hall–Kier alpha value is -3.50. The molecule has 0 saturated heterocycles. The molecule has 0 atom stereocenters. The lowest BCUT2D eigenvalue weighted by atomic mass is 10.1. The summed E-state index contributed by atoms with van der Waals surface area (Å²) in [5.74, 6) is -29.7. The van der Waals surface area contributed by atoms with Crippen LogP contribution in [0.3, 0.4) is 0 Å². The van der Waals surface area contributed by atoms with Crippen LogP contribution in [0.2, 0.25) is 0 Å². The fourth-order valence-electron chi connectivity index (χ4n) is 2.59. The molecule has 0 saturated carbocycles. The third kappa shape index (κ3) is 4.10. The normalized spacial score (nSPS) is 10.9. The number of halogens is 12. The largest absolute Gasteiger partial charge is 0.204 e. The Bertz CT molecular complexity index is 1370. The highest BCUT2D eigenvalue weighted by Crippen LogP contribution is 2.47. The van der Waals surface area contributed by atoms with Gasteiger partial charge in [-0.15, -0.1) is 0 Å². The molecule has 3 rings (SSSR count). The van der Waals surface area contributed by atoms with Gasteiger partial charge in [-0.3, -0.25) is 0 Å². The summed E-state index contributed by atoms with van der Waals surface area (Å²) in [5.41, 5.74) is -2.91. The highest BCUT2D eigenvalue weighted by atomic mass is 32.2. The molecule has 0 fully saturated rings. The molecule has 0 unspecified atom stereocenters. The Morgan fingerprint density at radius 3 is 0.778 bits per heavy atom. The topological polar surface area (TPSA) is 47.6 Å². The van der Waals surface area contributed by atoms with Gasteiger partial charge in [0.25, 0.3) is 0 Å². The van der Waals surface area contributed by atoms with Crippen molar-refractivity contribution >= 4 is 23.5 Å². The summed E-state index contributed by atoms with van der Waals surface area (Å²) in [7, 11) is 0. The zero-order valence-corrected chi connectivity index (χ0v) is 17.9. The maximum atomic E-state index is 15.0. The molecule has 0 N–H and O–H groups in total. The first-order valence-corrected chi connectivity index (χ1v) is 10.2. The van der Waals surface area contributed by atoms with Crippen molar-refractivity contribution in [3.63, 3.8) is 0 Å². The first-order chi connectivity index (χ1) is 16.8. The molecule has 2 nitrogen and oxygen atoms in total. The van der Waals surface area contributed by atoms with Crippen molar-refractivity contribution in [1.29, 1.82) is 10.5 Å². The molecule has 3 aromatic carbocycles. The summed E-state index contributed by atoms with van der Waals surface area (Å²) in [6, 6.07) is 2.02. The number of rotatable bonds is 4. The second-order valence-electron chi connectivity index (χ2n) is 6.26. The quantitative estimate of drug-likeness (QED) is 0.190. The van der Waals surface area contributed by atoms with Gasteiger partial charge in [-0.1, -0.05) is 23.5 Å². The molecule has 0 spiro atoms. The summed E-state index contributed by atoms with van der Waals surface area (Å²) >= 11 is -1.53. The van der Waals surface area contributed by atoms with E-state index in [-0.39, 0.29) is 0 Å². The van der Waals surface area contributed by atoms with Gasteiger partial charge in [0.15, 0.2) is 58.2 Å². The Kier molecular flexibility index (Phi) is 7.42. The van der Waals surface area contributed by atoms with Crippen LogP contribution in [0, 0.1) is 92.5 Å². The lowest BCUT2D eigenvalue weighted by molar-refractivity contribution is 0.360. The minimum absolute atomic E-state index is 0.763. The minimum atomic E-state index is -2.63. The third-order valence-electron chi connectivity index (χ3n) is 4.26. The number of benzene rings is 3. The van der Waals surface area contributed by atoms with Crippen molar-refractivity contribution in [2.75, 3.05) is 0 Å². The van der Waals surface area contributed by atoms with Crippen LogP contribution in [-0.2, 0) is 0 Å². The van der Waals surface area contributed by atoms with Crippen LogP contribution in [0.5, 0.6) is 0 Å².